The zero-order valence-corrected chi connectivity index (χ0v) is 25.7. The molecule has 3 saturated heterocycles. The number of pyridine rings is 1. The highest BCUT2D eigenvalue weighted by Crippen LogP contribution is 2.39. The van der Waals surface area contributed by atoms with E-state index < -0.39 is 5.60 Å². The lowest BCUT2D eigenvalue weighted by Crippen LogP contribution is -2.55. The molecule has 0 spiro atoms. The van der Waals surface area contributed by atoms with E-state index in [0.29, 0.717) is 57.5 Å². The van der Waals surface area contributed by atoms with Gasteiger partial charge in [-0.3, -0.25) is 4.90 Å². The van der Waals surface area contributed by atoms with Crippen LogP contribution >= 0.6 is 11.6 Å². The number of aromatic amines is 1. The van der Waals surface area contributed by atoms with Crippen molar-refractivity contribution >= 4 is 34.8 Å². The molecule has 3 fully saturated rings. The number of fused-ring (bicyclic) bond motifs is 4. The normalized spacial score (nSPS) is 23.9. The van der Waals surface area contributed by atoms with Crippen molar-refractivity contribution < 1.29 is 23.8 Å². The minimum atomic E-state index is -0.626. The topological polar surface area (TPSA) is 100 Å². The lowest BCUT2D eigenvalue weighted by molar-refractivity contribution is -0.0335. The van der Waals surface area contributed by atoms with Gasteiger partial charge in [0.15, 0.2) is 0 Å². The first-order valence-corrected chi connectivity index (χ1v) is 15.5. The molecule has 0 saturated carbocycles. The zero-order chi connectivity index (χ0) is 29.9. The number of carbonyl (C=O) groups is 2. The van der Waals surface area contributed by atoms with Crippen LogP contribution in [0.4, 0.5) is 9.59 Å². The highest BCUT2D eigenvalue weighted by atomic mass is 35.5. The number of rotatable bonds is 2. The molecule has 2 bridgehead atoms. The number of halogens is 1. The number of urea groups is 1. The Morgan fingerprint density at radius 1 is 1.05 bits per heavy atom. The second-order valence-corrected chi connectivity index (χ2v) is 13.4. The van der Waals surface area contributed by atoms with Gasteiger partial charge >= 0.3 is 12.1 Å². The second-order valence-electron chi connectivity index (χ2n) is 13.0. The van der Waals surface area contributed by atoms with Crippen LogP contribution in [0.3, 0.4) is 0 Å². The first kappa shape index (κ1) is 28.4. The smallest absolute Gasteiger partial charge is 0.410 e. The highest BCUT2D eigenvalue weighted by molar-refractivity contribution is 6.35. The Balaban J connectivity index is 1.29. The molecule has 0 radical (unpaired) electrons. The van der Waals surface area contributed by atoms with Gasteiger partial charge in [0, 0.05) is 43.0 Å². The van der Waals surface area contributed by atoms with Gasteiger partial charge in [-0.15, -0.1) is 0 Å². The van der Waals surface area contributed by atoms with E-state index in [4.69, 9.17) is 25.8 Å². The summed E-state index contributed by atoms with van der Waals surface area (Å²) in [4.78, 5) is 40.9. The summed E-state index contributed by atoms with van der Waals surface area (Å²) in [6.07, 6.45) is 5.91. The van der Waals surface area contributed by atoms with Gasteiger partial charge in [-0.25, -0.2) is 14.6 Å². The molecular weight excluding hydrogens is 570 g/mol. The van der Waals surface area contributed by atoms with E-state index in [-0.39, 0.29) is 30.2 Å². The van der Waals surface area contributed by atoms with Gasteiger partial charge in [-0.1, -0.05) is 17.7 Å². The number of nitrogens with zero attached hydrogens (tertiary/aromatic N) is 4. The summed E-state index contributed by atoms with van der Waals surface area (Å²) in [5.41, 5.74) is 5.23. The number of benzene rings is 1. The maximum Gasteiger partial charge on any atom is 0.410 e. The molecule has 3 amide bonds. The largest absolute Gasteiger partial charge is 0.444 e. The van der Waals surface area contributed by atoms with Crippen molar-refractivity contribution in [2.75, 3.05) is 39.5 Å². The van der Waals surface area contributed by atoms with Crippen LogP contribution in [0.1, 0.15) is 56.3 Å². The van der Waals surface area contributed by atoms with Crippen molar-refractivity contribution in [2.24, 2.45) is 0 Å². The molecule has 10 nitrogen and oxygen atoms in total. The Labute approximate surface area is 256 Å². The van der Waals surface area contributed by atoms with E-state index in [1.54, 1.807) is 11.1 Å². The number of nitrogens with one attached hydrogen (secondary N) is 1. The molecule has 0 aliphatic carbocycles. The number of hydrogen-bond acceptors (Lipinski definition) is 6. The first-order chi connectivity index (χ1) is 20.7. The molecule has 7 rings (SSSR count). The SMILES string of the molecule is CC(C)(C)OC(=O)N1CCOC[C@H]1c1cc(-c2cnc3[nH]cc(Cl)c3c2)cc2c1CN(C(=O)N1C3CCC1COC3)CC2. The number of aromatic nitrogens is 2. The van der Waals surface area contributed by atoms with Crippen molar-refractivity contribution in [3.8, 4) is 11.1 Å². The van der Waals surface area contributed by atoms with E-state index in [2.05, 4.69) is 27.0 Å². The van der Waals surface area contributed by atoms with Crippen LogP contribution in [0.2, 0.25) is 5.02 Å². The predicted molar refractivity (Wildman–Crippen MR) is 162 cm³/mol. The molecule has 4 aliphatic heterocycles. The Morgan fingerprint density at radius 3 is 2.60 bits per heavy atom. The standard InChI is InChI=1S/C32H38ClN5O5/c1-32(2,3)43-31(40)37-8-9-41-18-28(37)24-11-20(21-12-25-27(33)14-35-29(25)34-13-21)10-19-6-7-36(15-26(19)24)30(39)38-22-4-5-23(38)17-42-16-22/h10-14,22-23,28H,4-9,15-18H2,1-3H3,(H,34,35)/t22?,23?,28-/m0/s1. The second kappa shape index (κ2) is 11.0. The highest BCUT2D eigenvalue weighted by Gasteiger charge is 2.43. The summed E-state index contributed by atoms with van der Waals surface area (Å²) < 4.78 is 17.5. The molecule has 1 N–H and O–H groups in total. The Bertz CT molecular complexity index is 1550. The van der Waals surface area contributed by atoms with Gasteiger partial charge in [0.2, 0.25) is 0 Å². The number of amides is 3. The fraction of sp³-hybridized carbons (Fsp3) is 0.531. The Morgan fingerprint density at radius 2 is 1.84 bits per heavy atom. The quantitative estimate of drug-likeness (QED) is 0.411. The van der Waals surface area contributed by atoms with Crippen LogP contribution in [0.25, 0.3) is 22.2 Å². The van der Waals surface area contributed by atoms with Gasteiger partial charge in [-0.05, 0) is 74.4 Å². The van der Waals surface area contributed by atoms with Crippen LogP contribution in [0.15, 0.2) is 30.6 Å². The molecule has 3 atom stereocenters. The van der Waals surface area contributed by atoms with Crippen molar-refractivity contribution in [2.45, 2.75) is 70.3 Å². The van der Waals surface area contributed by atoms with Crippen LogP contribution in [0.5, 0.6) is 0 Å². The van der Waals surface area contributed by atoms with Gasteiger partial charge in [0.1, 0.15) is 11.2 Å². The third-order valence-electron chi connectivity index (χ3n) is 9.04. The monoisotopic (exact) mass is 607 g/mol. The molecule has 3 aromatic rings. The van der Waals surface area contributed by atoms with E-state index in [9.17, 15) is 9.59 Å². The van der Waals surface area contributed by atoms with E-state index in [0.717, 1.165) is 51.7 Å². The molecule has 228 valence electrons. The summed E-state index contributed by atoms with van der Waals surface area (Å²) >= 11 is 6.45. The minimum absolute atomic E-state index is 0.0807. The Kier molecular flexibility index (Phi) is 7.26. The lowest BCUT2D eigenvalue weighted by Gasteiger charge is -2.42. The number of morpholine rings is 2. The van der Waals surface area contributed by atoms with Gasteiger partial charge in [-0.2, -0.15) is 0 Å². The maximum atomic E-state index is 13.9. The summed E-state index contributed by atoms with van der Waals surface area (Å²) in [5, 5.41) is 1.47. The molecule has 11 heteroatoms. The maximum absolute atomic E-state index is 13.9. The summed E-state index contributed by atoms with van der Waals surface area (Å²) in [6, 6.07) is 6.38. The number of H-pyrrole nitrogens is 1. The van der Waals surface area contributed by atoms with Gasteiger partial charge in [0.25, 0.3) is 0 Å². The van der Waals surface area contributed by atoms with Crippen molar-refractivity contribution in [3.63, 3.8) is 0 Å². The van der Waals surface area contributed by atoms with Crippen molar-refractivity contribution in [3.05, 3.63) is 52.3 Å². The van der Waals surface area contributed by atoms with E-state index >= 15 is 0 Å². The first-order valence-electron chi connectivity index (χ1n) is 15.2. The van der Waals surface area contributed by atoms with Gasteiger partial charge < -0.3 is 29.0 Å². The molecular formula is C32H38ClN5O5. The number of hydrogen-bond donors (Lipinski definition) is 1. The van der Waals surface area contributed by atoms with Crippen LogP contribution in [0, 0.1) is 0 Å². The van der Waals surface area contributed by atoms with Crippen molar-refractivity contribution in [1.29, 1.82) is 0 Å². The van der Waals surface area contributed by atoms with Crippen LogP contribution in [-0.2, 0) is 27.2 Å². The van der Waals surface area contributed by atoms with Crippen LogP contribution < -0.4 is 0 Å². The molecule has 4 aliphatic rings. The number of carbonyl (C=O) groups excluding carboxylic acids is 2. The predicted octanol–water partition coefficient (Wildman–Crippen LogP) is 5.53. The van der Waals surface area contributed by atoms with Crippen molar-refractivity contribution in [1.82, 2.24) is 24.7 Å². The molecule has 43 heavy (non-hydrogen) atoms. The summed E-state index contributed by atoms with van der Waals surface area (Å²) in [6.45, 7) is 9.14. The third kappa shape index (κ3) is 5.34. The lowest BCUT2D eigenvalue weighted by atomic mass is 9.87. The minimum Gasteiger partial charge on any atom is -0.444 e. The fourth-order valence-corrected chi connectivity index (χ4v) is 7.16. The molecule has 1 aromatic carbocycles. The summed E-state index contributed by atoms with van der Waals surface area (Å²) in [7, 11) is 0. The third-order valence-corrected chi connectivity index (χ3v) is 9.35. The number of ether oxygens (including phenoxy) is 3. The average molecular weight is 608 g/mol. The Hall–Kier alpha value is -3.34. The molecule has 2 aromatic heterocycles. The van der Waals surface area contributed by atoms with Crippen LogP contribution in [-0.4, -0.2) is 94.0 Å². The fourth-order valence-electron chi connectivity index (χ4n) is 6.96. The average Bonchev–Trinajstić information content (AvgIpc) is 3.49. The molecule has 2 unspecified atom stereocenters. The van der Waals surface area contributed by atoms with E-state index in [1.165, 1.54) is 0 Å². The molecule has 6 heterocycles. The van der Waals surface area contributed by atoms with Gasteiger partial charge in [0.05, 0.1) is 49.6 Å². The summed E-state index contributed by atoms with van der Waals surface area (Å²) in [5.74, 6) is 0. The zero-order valence-electron chi connectivity index (χ0n) is 24.9. The van der Waals surface area contributed by atoms with E-state index in [1.807, 2.05) is 37.9 Å².